The van der Waals surface area contributed by atoms with Crippen LogP contribution >= 0.6 is 0 Å². The van der Waals surface area contributed by atoms with Crippen molar-refractivity contribution in [1.82, 2.24) is 10.6 Å². The van der Waals surface area contributed by atoms with Crippen LogP contribution in [0, 0.1) is 11.8 Å². The molecule has 0 aliphatic heterocycles. The highest BCUT2D eigenvalue weighted by Crippen LogP contribution is 2.32. The maximum absolute atomic E-state index is 13.8. The summed E-state index contributed by atoms with van der Waals surface area (Å²) in [6.45, 7) is 7.02. The number of carbonyl (C=O) groups is 2. The number of unbranched alkanes of at least 4 members (excludes halogenated alkanes) is 1. The van der Waals surface area contributed by atoms with Crippen molar-refractivity contribution in [3.63, 3.8) is 0 Å². The Morgan fingerprint density at radius 3 is 2.09 bits per heavy atom. The second kappa shape index (κ2) is 17.8. The van der Waals surface area contributed by atoms with Gasteiger partial charge in [-0.25, -0.2) is 8.42 Å². The quantitative estimate of drug-likeness (QED) is 0.179. The lowest BCUT2D eigenvalue weighted by Crippen LogP contribution is -2.56. The molecule has 0 aromatic heterocycles. The molecule has 1 aromatic rings. The third-order valence-electron chi connectivity index (χ3n) is 10.1. The topological polar surface area (TPSA) is 133 Å². The molecule has 0 heterocycles. The molecule has 256 valence electrons. The molecule has 2 aliphatic rings. The molecule has 0 bridgehead atoms. The molecular formula is C36H60N2O6S. The third-order valence-corrected chi connectivity index (χ3v) is 12.8. The van der Waals surface area contributed by atoms with Gasteiger partial charge < -0.3 is 20.8 Å². The van der Waals surface area contributed by atoms with E-state index in [0.717, 1.165) is 76.2 Å². The zero-order chi connectivity index (χ0) is 33.0. The summed E-state index contributed by atoms with van der Waals surface area (Å²) in [5.74, 6) is -1.07. The number of carbonyl (C=O) groups excluding carboxylic acids is 2. The van der Waals surface area contributed by atoms with Gasteiger partial charge in [0.05, 0.1) is 22.6 Å². The van der Waals surface area contributed by atoms with Gasteiger partial charge in [0.2, 0.25) is 11.8 Å². The summed E-state index contributed by atoms with van der Waals surface area (Å²) in [4.78, 5) is 27.4. The first-order chi connectivity index (χ1) is 21.3. The van der Waals surface area contributed by atoms with Crippen molar-refractivity contribution in [1.29, 1.82) is 0 Å². The van der Waals surface area contributed by atoms with Crippen LogP contribution < -0.4 is 10.6 Å². The summed E-state index contributed by atoms with van der Waals surface area (Å²) in [5, 5.41) is 28.7. The summed E-state index contributed by atoms with van der Waals surface area (Å²) < 4.78 is 25.4. The van der Waals surface area contributed by atoms with E-state index in [1.54, 1.807) is 20.8 Å². The van der Waals surface area contributed by atoms with Gasteiger partial charge in [0.1, 0.15) is 12.1 Å². The van der Waals surface area contributed by atoms with Gasteiger partial charge in [0.25, 0.3) is 0 Å². The average Bonchev–Trinajstić information content (AvgIpc) is 3.02. The number of benzene rings is 1. The predicted octanol–water partition coefficient (Wildman–Crippen LogP) is 5.81. The molecule has 3 rings (SSSR count). The van der Waals surface area contributed by atoms with Gasteiger partial charge in [-0.15, -0.1) is 0 Å². The molecule has 2 amide bonds. The van der Waals surface area contributed by atoms with E-state index in [-0.39, 0.29) is 29.9 Å². The summed E-state index contributed by atoms with van der Waals surface area (Å²) in [6.07, 6.45) is 11.1. The molecule has 1 unspecified atom stereocenters. The number of hydrogen-bond acceptors (Lipinski definition) is 6. The first-order valence-corrected chi connectivity index (χ1v) is 19.2. The number of amides is 2. The van der Waals surface area contributed by atoms with Crippen molar-refractivity contribution in [3.05, 3.63) is 35.9 Å². The molecule has 2 fully saturated rings. The lowest BCUT2D eigenvalue weighted by Gasteiger charge is -2.36. The second-order valence-corrected chi connectivity index (χ2v) is 17.5. The normalized spacial score (nSPS) is 20.5. The van der Waals surface area contributed by atoms with Crippen LogP contribution in [0.3, 0.4) is 0 Å². The van der Waals surface area contributed by atoms with Crippen molar-refractivity contribution >= 4 is 21.7 Å². The van der Waals surface area contributed by atoms with Crippen molar-refractivity contribution in [2.75, 3.05) is 5.75 Å². The first-order valence-electron chi connectivity index (χ1n) is 17.6. The number of hydrogen-bond donors (Lipinski definition) is 4. The summed E-state index contributed by atoms with van der Waals surface area (Å²) in [5.41, 5.74) is 0.766. The monoisotopic (exact) mass is 648 g/mol. The Morgan fingerprint density at radius 2 is 1.51 bits per heavy atom. The summed E-state index contributed by atoms with van der Waals surface area (Å²) in [7, 11) is -3.52. The fraction of sp³-hybridized carbons (Fsp3) is 0.778. The van der Waals surface area contributed by atoms with Crippen LogP contribution in [-0.4, -0.2) is 65.2 Å². The molecule has 4 N–H and O–H groups in total. The fourth-order valence-electron chi connectivity index (χ4n) is 7.01. The highest BCUT2D eigenvalue weighted by molar-refractivity contribution is 7.92. The molecule has 5 atom stereocenters. The van der Waals surface area contributed by atoms with Gasteiger partial charge in [0.15, 0.2) is 9.84 Å². The maximum atomic E-state index is 13.8. The van der Waals surface area contributed by atoms with Crippen LogP contribution in [0.25, 0.3) is 0 Å². The Hall–Kier alpha value is -1.97. The highest BCUT2D eigenvalue weighted by atomic mass is 32.2. The lowest BCUT2D eigenvalue weighted by atomic mass is 9.78. The Labute approximate surface area is 272 Å². The Bertz CT molecular complexity index is 1140. The molecule has 8 nitrogen and oxygen atoms in total. The molecule has 2 aliphatic carbocycles. The third kappa shape index (κ3) is 11.7. The molecule has 45 heavy (non-hydrogen) atoms. The fourth-order valence-corrected chi connectivity index (χ4v) is 8.35. The van der Waals surface area contributed by atoms with Crippen LogP contribution in [0.2, 0.25) is 0 Å². The molecule has 1 aromatic carbocycles. The average molecular weight is 649 g/mol. The van der Waals surface area contributed by atoms with Gasteiger partial charge in [-0.2, -0.15) is 0 Å². The highest BCUT2D eigenvalue weighted by Gasteiger charge is 2.37. The van der Waals surface area contributed by atoms with Crippen LogP contribution in [0.5, 0.6) is 0 Å². The van der Waals surface area contributed by atoms with Crippen LogP contribution in [0.1, 0.15) is 135 Å². The van der Waals surface area contributed by atoms with E-state index < -0.39 is 44.8 Å². The lowest BCUT2D eigenvalue weighted by molar-refractivity contribution is -0.131. The molecular weight excluding hydrogens is 588 g/mol. The van der Waals surface area contributed by atoms with E-state index in [1.165, 1.54) is 6.42 Å². The molecule has 9 heteroatoms. The van der Waals surface area contributed by atoms with Gasteiger partial charge >= 0.3 is 0 Å². The Kier molecular flexibility index (Phi) is 14.8. The number of sulfone groups is 1. The van der Waals surface area contributed by atoms with E-state index >= 15 is 0 Å². The molecule has 0 spiro atoms. The SMILES string of the molecule is CCCC[C@H](NC(=O)CC(CS(=O)(=O)C(C)(C)C)c1ccccc1)C(=O)N[C@H](CC1CCCCC1)[C@H](O)[C@H](O)C1CCCCC1. The zero-order valence-electron chi connectivity index (χ0n) is 28.2. The van der Waals surface area contributed by atoms with Crippen LogP contribution in [-0.2, 0) is 19.4 Å². The Balaban J connectivity index is 1.76. The van der Waals surface area contributed by atoms with Gasteiger partial charge in [0, 0.05) is 12.3 Å². The number of aliphatic hydroxyl groups excluding tert-OH is 2. The van der Waals surface area contributed by atoms with E-state index in [1.807, 2.05) is 37.3 Å². The minimum Gasteiger partial charge on any atom is -0.390 e. The number of rotatable bonds is 16. The van der Waals surface area contributed by atoms with Crippen molar-refractivity contribution in [2.45, 2.75) is 159 Å². The van der Waals surface area contributed by atoms with Crippen LogP contribution in [0.4, 0.5) is 0 Å². The van der Waals surface area contributed by atoms with E-state index in [0.29, 0.717) is 18.8 Å². The molecule has 0 saturated heterocycles. The second-order valence-electron chi connectivity index (χ2n) is 14.7. The van der Waals surface area contributed by atoms with Gasteiger partial charge in [-0.1, -0.05) is 101 Å². The number of aliphatic hydroxyl groups is 2. The number of nitrogens with one attached hydrogen (secondary N) is 2. The minimum atomic E-state index is -3.52. The first kappa shape index (κ1) is 37.5. The van der Waals surface area contributed by atoms with Crippen molar-refractivity contribution in [3.8, 4) is 0 Å². The molecule has 2 saturated carbocycles. The smallest absolute Gasteiger partial charge is 0.242 e. The van der Waals surface area contributed by atoms with Crippen molar-refractivity contribution in [2.24, 2.45) is 11.8 Å². The van der Waals surface area contributed by atoms with Gasteiger partial charge in [-0.3, -0.25) is 9.59 Å². The van der Waals surface area contributed by atoms with E-state index in [9.17, 15) is 28.2 Å². The summed E-state index contributed by atoms with van der Waals surface area (Å²) in [6, 6.07) is 7.78. The van der Waals surface area contributed by atoms with Crippen molar-refractivity contribution < 1.29 is 28.2 Å². The van der Waals surface area contributed by atoms with Gasteiger partial charge in [-0.05, 0) is 63.9 Å². The van der Waals surface area contributed by atoms with E-state index in [2.05, 4.69) is 10.6 Å². The zero-order valence-corrected chi connectivity index (χ0v) is 29.0. The Morgan fingerprint density at radius 1 is 0.911 bits per heavy atom. The maximum Gasteiger partial charge on any atom is 0.242 e. The minimum absolute atomic E-state index is 0.0226. The van der Waals surface area contributed by atoms with E-state index in [4.69, 9.17) is 0 Å². The predicted molar refractivity (Wildman–Crippen MR) is 181 cm³/mol. The largest absolute Gasteiger partial charge is 0.390 e. The molecule has 0 radical (unpaired) electrons. The standard InChI is InChI=1S/C36H60N2O6S/c1-5-6-22-30(37-32(39)24-29(27-18-12-8-13-19-27)25-45(43,44)36(2,3)4)35(42)38-31(23-26-16-10-7-11-17-26)34(41)33(40)28-20-14-9-15-21-28/h8,12-13,18-19,26,28-31,33-34,40-41H,5-7,9-11,14-17,20-25H2,1-4H3,(H,37,39)(H,38,42)/t29?,30-,31+,33+,34-/m0/s1. The van der Waals surface area contributed by atoms with Crippen LogP contribution in [0.15, 0.2) is 30.3 Å². The summed E-state index contributed by atoms with van der Waals surface area (Å²) >= 11 is 0.